The lowest BCUT2D eigenvalue weighted by atomic mass is 10.1. The summed E-state index contributed by atoms with van der Waals surface area (Å²) in [5.74, 6) is 0.412. The van der Waals surface area contributed by atoms with E-state index < -0.39 is 12.1 Å². The molecule has 1 rings (SSSR count). The highest BCUT2D eigenvalue weighted by atomic mass is 16.5. The molecule has 0 saturated carbocycles. The third-order valence-electron chi connectivity index (χ3n) is 2.62. The molecule has 114 valence electrons. The molecule has 0 amide bonds. The highest BCUT2D eigenvalue weighted by Crippen LogP contribution is 2.29. The van der Waals surface area contributed by atoms with E-state index in [0.29, 0.717) is 24.7 Å². The Morgan fingerprint density at radius 3 is 2.43 bits per heavy atom. The molecule has 1 aromatic rings. The van der Waals surface area contributed by atoms with Gasteiger partial charge in [0.1, 0.15) is 13.2 Å². The molecule has 0 aromatic heterocycles. The molecule has 0 bridgehead atoms. The van der Waals surface area contributed by atoms with Gasteiger partial charge in [-0.1, -0.05) is 31.4 Å². The summed E-state index contributed by atoms with van der Waals surface area (Å²) in [6.45, 7) is 7.86. The van der Waals surface area contributed by atoms with Crippen molar-refractivity contribution in [3.8, 4) is 11.5 Å². The molecule has 1 N–H and O–H groups in total. The first-order valence-corrected chi connectivity index (χ1v) is 6.48. The Labute approximate surface area is 124 Å². The molecule has 0 aliphatic rings. The Hall–Kier alpha value is -2.27. The number of ether oxygens (including phenoxy) is 3. The molecule has 0 aliphatic heterocycles. The second-order valence-corrected chi connectivity index (χ2v) is 4.22. The Bertz CT molecular complexity index is 495. The first-order valence-electron chi connectivity index (χ1n) is 6.48. The molecule has 0 radical (unpaired) electrons. The zero-order valence-electron chi connectivity index (χ0n) is 12.1. The van der Waals surface area contributed by atoms with E-state index in [-0.39, 0.29) is 6.42 Å². The minimum absolute atomic E-state index is 0.138. The van der Waals surface area contributed by atoms with Crippen molar-refractivity contribution >= 4 is 5.97 Å². The van der Waals surface area contributed by atoms with Gasteiger partial charge in [-0.2, -0.15) is 0 Å². The summed E-state index contributed by atoms with van der Waals surface area (Å²) in [5, 5.41) is 9.67. The van der Waals surface area contributed by atoms with Crippen LogP contribution in [0, 0.1) is 0 Å². The van der Waals surface area contributed by atoms with Crippen LogP contribution in [0.5, 0.6) is 11.5 Å². The van der Waals surface area contributed by atoms with E-state index in [4.69, 9.17) is 9.47 Å². The minimum atomic E-state index is -1.21. The molecule has 5 heteroatoms. The first-order chi connectivity index (χ1) is 10.1. The van der Waals surface area contributed by atoms with Crippen molar-refractivity contribution in [1.82, 2.24) is 0 Å². The van der Waals surface area contributed by atoms with Crippen LogP contribution in [0.3, 0.4) is 0 Å². The molecule has 1 unspecified atom stereocenters. The van der Waals surface area contributed by atoms with Crippen molar-refractivity contribution in [3.05, 3.63) is 49.1 Å². The SMILES string of the molecule is C=CCOc1ccc(CC(O)C(=O)OC)cc1OCC=C. The number of hydrogen-bond donors (Lipinski definition) is 1. The van der Waals surface area contributed by atoms with Crippen LogP contribution >= 0.6 is 0 Å². The summed E-state index contributed by atoms with van der Waals surface area (Å²) in [6.07, 6.45) is 2.18. The first kappa shape index (κ1) is 16.8. The van der Waals surface area contributed by atoms with Crippen LogP contribution in [0.15, 0.2) is 43.5 Å². The lowest BCUT2D eigenvalue weighted by molar-refractivity contribution is -0.150. The molecular formula is C16H20O5. The number of rotatable bonds is 9. The monoisotopic (exact) mass is 292 g/mol. The lowest BCUT2D eigenvalue weighted by Crippen LogP contribution is -2.24. The van der Waals surface area contributed by atoms with E-state index in [2.05, 4.69) is 17.9 Å². The topological polar surface area (TPSA) is 65.0 Å². The normalized spacial score (nSPS) is 11.3. The summed E-state index contributed by atoms with van der Waals surface area (Å²) in [7, 11) is 1.23. The van der Waals surface area contributed by atoms with Crippen molar-refractivity contribution in [1.29, 1.82) is 0 Å². The number of benzene rings is 1. The van der Waals surface area contributed by atoms with Gasteiger partial charge in [-0.15, -0.1) is 0 Å². The Morgan fingerprint density at radius 2 is 1.86 bits per heavy atom. The fraction of sp³-hybridized carbons (Fsp3) is 0.312. The van der Waals surface area contributed by atoms with Crippen LogP contribution in [-0.2, 0) is 16.0 Å². The van der Waals surface area contributed by atoms with Crippen LogP contribution in [0.2, 0.25) is 0 Å². The molecule has 5 nitrogen and oxygen atoms in total. The van der Waals surface area contributed by atoms with Crippen molar-refractivity contribution in [2.24, 2.45) is 0 Å². The molecule has 0 saturated heterocycles. The van der Waals surface area contributed by atoms with Gasteiger partial charge in [-0.3, -0.25) is 0 Å². The quantitative estimate of drug-likeness (QED) is 0.556. The van der Waals surface area contributed by atoms with Crippen LogP contribution in [0.25, 0.3) is 0 Å². The van der Waals surface area contributed by atoms with Crippen molar-refractivity contribution in [2.75, 3.05) is 20.3 Å². The Balaban J connectivity index is 2.88. The third-order valence-corrected chi connectivity index (χ3v) is 2.62. The number of methoxy groups -OCH3 is 1. The standard InChI is InChI=1S/C16H20O5/c1-4-8-20-14-7-6-12(10-13(17)16(18)19-3)11-15(14)21-9-5-2/h4-7,11,13,17H,1-2,8-10H2,3H3. The maximum absolute atomic E-state index is 11.2. The van der Waals surface area contributed by atoms with Gasteiger partial charge in [0.2, 0.25) is 0 Å². The van der Waals surface area contributed by atoms with Gasteiger partial charge in [0.25, 0.3) is 0 Å². The van der Waals surface area contributed by atoms with Crippen LogP contribution < -0.4 is 9.47 Å². The maximum atomic E-state index is 11.2. The third kappa shape index (κ3) is 5.31. The average Bonchev–Trinajstić information content (AvgIpc) is 2.50. The fourth-order valence-electron chi connectivity index (χ4n) is 1.65. The number of hydrogen-bond acceptors (Lipinski definition) is 5. The fourth-order valence-corrected chi connectivity index (χ4v) is 1.65. The summed E-state index contributed by atoms with van der Waals surface area (Å²) < 4.78 is 15.5. The summed E-state index contributed by atoms with van der Waals surface area (Å²) in [6, 6.07) is 5.20. The van der Waals surface area contributed by atoms with Gasteiger partial charge in [0.05, 0.1) is 7.11 Å². The van der Waals surface area contributed by atoms with Crippen LogP contribution in [0.1, 0.15) is 5.56 Å². The van der Waals surface area contributed by atoms with E-state index in [0.717, 1.165) is 5.56 Å². The molecule has 1 atom stereocenters. The maximum Gasteiger partial charge on any atom is 0.335 e. The lowest BCUT2D eigenvalue weighted by Gasteiger charge is -2.14. The van der Waals surface area contributed by atoms with E-state index >= 15 is 0 Å². The Kier molecular flexibility index (Phi) is 7.04. The highest BCUT2D eigenvalue weighted by Gasteiger charge is 2.17. The highest BCUT2D eigenvalue weighted by molar-refractivity contribution is 5.74. The minimum Gasteiger partial charge on any atom is -0.486 e. The molecular weight excluding hydrogens is 272 g/mol. The van der Waals surface area contributed by atoms with Crippen LogP contribution in [0.4, 0.5) is 0 Å². The molecule has 1 aromatic carbocycles. The van der Waals surface area contributed by atoms with E-state index in [1.54, 1.807) is 30.4 Å². The second-order valence-electron chi connectivity index (χ2n) is 4.22. The van der Waals surface area contributed by atoms with Crippen molar-refractivity contribution < 1.29 is 24.1 Å². The van der Waals surface area contributed by atoms with Gasteiger partial charge in [-0.05, 0) is 17.7 Å². The van der Waals surface area contributed by atoms with Crippen molar-refractivity contribution in [3.63, 3.8) is 0 Å². The van der Waals surface area contributed by atoms with E-state index in [1.807, 2.05) is 0 Å². The van der Waals surface area contributed by atoms with Crippen LogP contribution in [-0.4, -0.2) is 37.5 Å². The van der Waals surface area contributed by atoms with Gasteiger partial charge in [0.15, 0.2) is 17.6 Å². The predicted molar refractivity (Wildman–Crippen MR) is 79.6 cm³/mol. The molecule has 0 aliphatic carbocycles. The van der Waals surface area contributed by atoms with Crippen molar-refractivity contribution in [2.45, 2.75) is 12.5 Å². The predicted octanol–water partition coefficient (Wildman–Crippen LogP) is 1.89. The summed E-state index contributed by atoms with van der Waals surface area (Å²) >= 11 is 0. The van der Waals surface area contributed by atoms with Gasteiger partial charge >= 0.3 is 5.97 Å². The summed E-state index contributed by atoms with van der Waals surface area (Å²) in [5.41, 5.74) is 0.734. The van der Waals surface area contributed by atoms with E-state index in [9.17, 15) is 9.90 Å². The zero-order valence-corrected chi connectivity index (χ0v) is 12.1. The Morgan fingerprint density at radius 1 is 1.24 bits per heavy atom. The van der Waals surface area contributed by atoms with Gasteiger partial charge in [-0.25, -0.2) is 4.79 Å². The largest absolute Gasteiger partial charge is 0.486 e. The zero-order chi connectivity index (χ0) is 15.7. The number of aliphatic hydroxyl groups excluding tert-OH is 1. The average molecular weight is 292 g/mol. The number of carbonyl (C=O) groups is 1. The van der Waals surface area contributed by atoms with E-state index in [1.165, 1.54) is 7.11 Å². The smallest absolute Gasteiger partial charge is 0.335 e. The molecule has 0 heterocycles. The van der Waals surface area contributed by atoms with Gasteiger partial charge in [0, 0.05) is 6.42 Å². The molecule has 21 heavy (non-hydrogen) atoms. The summed E-state index contributed by atoms with van der Waals surface area (Å²) in [4.78, 5) is 11.2. The number of aliphatic hydroxyl groups is 1. The molecule has 0 fully saturated rings. The van der Waals surface area contributed by atoms with Gasteiger partial charge < -0.3 is 19.3 Å². The number of carbonyl (C=O) groups excluding carboxylic acids is 1. The molecule has 0 spiro atoms. The number of esters is 1. The second kappa shape index (κ2) is 8.81.